The minimum atomic E-state index is -0.681. The zero-order chi connectivity index (χ0) is 7.54. The van der Waals surface area contributed by atoms with Crippen molar-refractivity contribution in [2.75, 3.05) is 20.1 Å². The van der Waals surface area contributed by atoms with Crippen LogP contribution in [0.1, 0.15) is 13.8 Å². The van der Waals surface area contributed by atoms with Gasteiger partial charge in [-0.3, -0.25) is 0 Å². The standard InChI is InChI=1S/C4H10O.CH4BFO/c1-3-5-4-2;2-4-1-3/h3-4H2,1-2H3;1-2H2. The number of alkyl halides is 1. The lowest BCUT2D eigenvalue weighted by Crippen LogP contribution is -1.84. The summed E-state index contributed by atoms with van der Waals surface area (Å²) >= 11 is 0. The first-order valence-electron chi connectivity index (χ1n) is 2.96. The lowest BCUT2D eigenvalue weighted by Gasteiger charge is -1.86. The van der Waals surface area contributed by atoms with Gasteiger partial charge in [-0.15, -0.1) is 0 Å². The summed E-state index contributed by atoms with van der Waals surface area (Å²) < 4.78 is 19.2. The molecule has 0 unspecified atom stereocenters. The van der Waals surface area contributed by atoms with Crippen molar-refractivity contribution in [3.05, 3.63) is 0 Å². The van der Waals surface area contributed by atoms with Crippen LogP contribution in [0.25, 0.3) is 0 Å². The molecule has 0 atom stereocenters. The second-order valence-electron chi connectivity index (χ2n) is 1.18. The van der Waals surface area contributed by atoms with Crippen LogP contribution < -0.4 is 0 Å². The molecule has 0 aliphatic heterocycles. The summed E-state index contributed by atoms with van der Waals surface area (Å²) in [5.74, 6) is 0. The molecule has 0 spiro atoms. The van der Waals surface area contributed by atoms with E-state index in [2.05, 4.69) is 4.65 Å². The Morgan fingerprint density at radius 2 is 1.67 bits per heavy atom. The van der Waals surface area contributed by atoms with Gasteiger partial charge in [0.15, 0.2) is 6.86 Å². The Bertz CT molecular complexity index is 34.1. The Balaban J connectivity index is 0. The third-order valence-corrected chi connectivity index (χ3v) is 0.517. The summed E-state index contributed by atoms with van der Waals surface area (Å²) in [5, 5.41) is 0. The van der Waals surface area contributed by atoms with Gasteiger partial charge < -0.3 is 9.39 Å². The Kier molecular flexibility index (Phi) is 20.3. The van der Waals surface area contributed by atoms with Crippen LogP contribution in [0, 0.1) is 0 Å². The second kappa shape index (κ2) is 15.7. The fraction of sp³-hybridized carbons (Fsp3) is 1.00. The summed E-state index contributed by atoms with van der Waals surface area (Å²) in [5.41, 5.74) is 0. The molecular weight excluding hydrogens is 122 g/mol. The predicted octanol–water partition coefficient (Wildman–Crippen LogP) is 0.521. The van der Waals surface area contributed by atoms with Gasteiger partial charge in [0.2, 0.25) is 0 Å². The Morgan fingerprint density at radius 3 is 1.67 bits per heavy atom. The van der Waals surface area contributed by atoms with E-state index in [1.165, 1.54) is 8.05 Å². The van der Waals surface area contributed by atoms with Crippen molar-refractivity contribution in [2.45, 2.75) is 13.8 Å². The summed E-state index contributed by atoms with van der Waals surface area (Å²) in [6.07, 6.45) is 0. The highest BCUT2D eigenvalue weighted by Gasteiger charge is 1.64. The zero-order valence-corrected chi connectivity index (χ0v) is 6.32. The molecule has 0 amide bonds. The molecule has 0 N–H and O–H groups in total. The molecule has 0 rings (SSSR count). The monoisotopic (exact) mass is 136 g/mol. The highest BCUT2D eigenvalue weighted by atomic mass is 19.1. The summed E-state index contributed by atoms with van der Waals surface area (Å²) in [7, 11) is 1.31. The number of rotatable bonds is 3. The van der Waals surface area contributed by atoms with Crippen molar-refractivity contribution in [2.24, 2.45) is 0 Å². The van der Waals surface area contributed by atoms with E-state index in [1.807, 2.05) is 13.8 Å². The fourth-order valence-electron chi connectivity index (χ4n) is 0.204. The summed E-state index contributed by atoms with van der Waals surface area (Å²) in [6.45, 7) is 4.99. The maximum atomic E-state index is 10.5. The van der Waals surface area contributed by atoms with E-state index in [0.29, 0.717) is 0 Å². The minimum absolute atomic E-state index is 0.681. The van der Waals surface area contributed by atoms with Crippen molar-refractivity contribution < 1.29 is 13.8 Å². The molecule has 0 heterocycles. The van der Waals surface area contributed by atoms with E-state index < -0.39 is 6.86 Å². The maximum absolute atomic E-state index is 10.5. The molecule has 0 aromatic carbocycles. The smallest absolute Gasteiger partial charge is 0.260 e. The third kappa shape index (κ3) is 32.6. The van der Waals surface area contributed by atoms with E-state index in [-0.39, 0.29) is 0 Å². The van der Waals surface area contributed by atoms with Gasteiger partial charge in [0.05, 0.1) is 0 Å². The molecule has 9 heavy (non-hydrogen) atoms. The van der Waals surface area contributed by atoms with Crippen LogP contribution in [0.15, 0.2) is 0 Å². The lowest BCUT2D eigenvalue weighted by molar-refractivity contribution is 0.162. The normalized spacial score (nSPS) is 7.89. The van der Waals surface area contributed by atoms with Crippen LogP contribution in [0.4, 0.5) is 4.39 Å². The zero-order valence-electron chi connectivity index (χ0n) is 6.32. The van der Waals surface area contributed by atoms with E-state index in [4.69, 9.17) is 4.74 Å². The van der Waals surface area contributed by atoms with E-state index in [9.17, 15) is 4.39 Å². The van der Waals surface area contributed by atoms with Gasteiger partial charge in [0.1, 0.15) is 0 Å². The van der Waals surface area contributed by atoms with Crippen molar-refractivity contribution >= 4 is 8.05 Å². The average molecular weight is 136 g/mol. The topological polar surface area (TPSA) is 18.5 Å². The first kappa shape index (κ1) is 11.7. The molecule has 0 aliphatic rings. The van der Waals surface area contributed by atoms with Gasteiger partial charge in [0, 0.05) is 13.2 Å². The molecular formula is C5H14BFO2. The molecule has 0 aliphatic carbocycles. The third-order valence-electron chi connectivity index (χ3n) is 0.517. The van der Waals surface area contributed by atoms with Crippen molar-refractivity contribution in [3.63, 3.8) is 0 Å². The van der Waals surface area contributed by atoms with Gasteiger partial charge in [-0.2, -0.15) is 0 Å². The van der Waals surface area contributed by atoms with Gasteiger partial charge in [-0.05, 0) is 13.8 Å². The number of ether oxygens (including phenoxy) is 1. The molecule has 0 saturated heterocycles. The predicted molar refractivity (Wildman–Crippen MR) is 37.8 cm³/mol. The number of hydrogen-bond acceptors (Lipinski definition) is 2. The molecule has 56 valence electrons. The van der Waals surface area contributed by atoms with Crippen molar-refractivity contribution in [3.8, 4) is 0 Å². The van der Waals surface area contributed by atoms with Crippen molar-refractivity contribution in [1.82, 2.24) is 0 Å². The van der Waals surface area contributed by atoms with Crippen molar-refractivity contribution in [1.29, 1.82) is 0 Å². The Labute approximate surface area is 56.8 Å². The van der Waals surface area contributed by atoms with E-state index in [1.54, 1.807) is 0 Å². The van der Waals surface area contributed by atoms with Crippen LogP contribution >= 0.6 is 0 Å². The van der Waals surface area contributed by atoms with Gasteiger partial charge >= 0.3 is 0 Å². The van der Waals surface area contributed by atoms with Crippen LogP contribution in [-0.4, -0.2) is 28.1 Å². The molecule has 4 heteroatoms. The second-order valence-corrected chi connectivity index (χ2v) is 1.18. The number of halogens is 1. The number of hydrogen-bond donors (Lipinski definition) is 0. The van der Waals surface area contributed by atoms with Gasteiger partial charge in [0.25, 0.3) is 8.05 Å². The Morgan fingerprint density at radius 1 is 1.33 bits per heavy atom. The summed E-state index contributed by atoms with van der Waals surface area (Å²) in [4.78, 5) is 0. The highest BCUT2D eigenvalue weighted by Crippen LogP contribution is 1.64. The van der Waals surface area contributed by atoms with Crippen LogP contribution in [0.3, 0.4) is 0 Å². The molecule has 0 aromatic rings. The van der Waals surface area contributed by atoms with E-state index >= 15 is 0 Å². The molecule has 2 nitrogen and oxygen atoms in total. The highest BCUT2D eigenvalue weighted by molar-refractivity contribution is 5.97. The van der Waals surface area contributed by atoms with Crippen LogP contribution in [-0.2, 0) is 9.39 Å². The first-order valence-corrected chi connectivity index (χ1v) is 2.96. The van der Waals surface area contributed by atoms with E-state index in [0.717, 1.165) is 13.2 Å². The minimum Gasteiger partial charge on any atom is -0.419 e. The average Bonchev–Trinajstić information content (AvgIpc) is 1.91. The summed E-state index contributed by atoms with van der Waals surface area (Å²) in [6, 6.07) is 0. The van der Waals surface area contributed by atoms with Crippen LogP contribution in [0.2, 0.25) is 0 Å². The molecule has 0 saturated carbocycles. The molecule has 0 radical (unpaired) electrons. The SMILES string of the molecule is BOCF.CCOCC. The fourth-order valence-corrected chi connectivity index (χ4v) is 0.204. The largest absolute Gasteiger partial charge is 0.419 e. The molecule has 0 fully saturated rings. The quantitative estimate of drug-likeness (QED) is 0.526. The molecule has 0 aromatic heterocycles. The lowest BCUT2D eigenvalue weighted by atomic mass is 10.6. The maximum Gasteiger partial charge on any atom is 0.260 e. The molecule has 0 bridgehead atoms. The van der Waals surface area contributed by atoms with Gasteiger partial charge in [-0.1, -0.05) is 0 Å². The van der Waals surface area contributed by atoms with Gasteiger partial charge in [-0.25, -0.2) is 4.39 Å². The Hall–Kier alpha value is -0.0851. The van der Waals surface area contributed by atoms with Crippen LogP contribution in [0.5, 0.6) is 0 Å². The first-order chi connectivity index (χ1) is 4.33.